The largest absolute Gasteiger partial charge is 0.497 e. The molecule has 1 aromatic heterocycles. The van der Waals surface area contributed by atoms with Crippen molar-refractivity contribution in [3.05, 3.63) is 95.9 Å². The van der Waals surface area contributed by atoms with Gasteiger partial charge >= 0.3 is 6.03 Å². The maximum Gasteiger partial charge on any atom is 0.322 e. The highest BCUT2D eigenvalue weighted by Crippen LogP contribution is 2.28. The second kappa shape index (κ2) is 12.2. The minimum atomic E-state index is -0.292. The Balaban J connectivity index is 1.42. The number of fused-ring (bicyclic) bond motifs is 1. The number of hydrogen-bond acceptors (Lipinski definition) is 4. The molecule has 37 heavy (non-hydrogen) atoms. The number of benzene rings is 3. The van der Waals surface area contributed by atoms with Gasteiger partial charge in [0.05, 0.1) is 18.3 Å². The highest BCUT2D eigenvalue weighted by Gasteiger charge is 2.16. The van der Waals surface area contributed by atoms with E-state index in [0.29, 0.717) is 13.1 Å². The van der Waals surface area contributed by atoms with Gasteiger partial charge in [0.1, 0.15) is 11.6 Å². The second-order valence-electron chi connectivity index (χ2n) is 9.23. The van der Waals surface area contributed by atoms with Crippen LogP contribution in [0.3, 0.4) is 0 Å². The number of aromatic nitrogens is 1. The summed E-state index contributed by atoms with van der Waals surface area (Å²) in [5, 5.41) is 7.60. The molecule has 0 radical (unpaired) electrons. The van der Waals surface area contributed by atoms with E-state index in [4.69, 9.17) is 4.74 Å². The smallest absolute Gasteiger partial charge is 0.322 e. The number of aryl methyl sites for hydroxylation is 1. The standard InChI is InChI=1S/C30H33FN4O2/c1-21-8-4-5-11-27(21)34-30(36)35(20-23-12-14-25(31)15-13-23)17-7-9-22(2)33-28-19-26(37-3)18-24-10-6-16-32-29(24)28/h4-6,8,10-16,18-19,22,33H,7,9,17,20H2,1-3H3,(H,34,36). The summed E-state index contributed by atoms with van der Waals surface area (Å²) in [6.45, 7) is 5.03. The Labute approximate surface area is 217 Å². The first kappa shape index (κ1) is 25.9. The summed E-state index contributed by atoms with van der Waals surface area (Å²) in [5.41, 5.74) is 4.47. The van der Waals surface area contributed by atoms with Crippen LogP contribution in [-0.2, 0) is 6.54 Å². The van der Waals surface area contributed by atoms with Gasteiger partial charge in [-0.05, 0) is 68.1 Å². The van der Waals surface area contributed by atoms with E-state index in [-0.39, 0.29) is 17.9 Å². The molecule has 0 aliphatic rings. The van der Waals surface area contributed by atoms with Crippen LogP contribution in [0.15, 0.2) is 79.0 Å². The van der Waals surface area contributed by atoms with Crippen LogP contribution in [0.4, 0.5) is 20.6 Å². The Morgan fingerprint density at radius 1 is 1.05 bits per heavy atom. The topological polar surface area (TPSA) is 66.5 Å². The van der Waals surface area contributed by atoms with Gasteiger partial charge in [-0.2, -0.15) is 0 Å². The molecule has 0 saturated carbocycles. The van der Waals surface area contributed by atoms with E-state index in [1.807, 2.05) is 55.5 Å². The van der Waals surface area contributed by atoms with E-state index in [9.17, 15) is 9.18 Å². The van der Waals surface area contributed by atoms with Crippen molar-refractivity contribution in [2.24, 2.45) is 0 Å². The molecule has 6 nitrogen and oxygen atoms in total. The van der Waals surface area contributed by atoms with Gasteiger partial charge < -0.3 is 20.3 Å². The van der Waals surface area contributed by atoms with Gasteiger partial charge in [-0.15, -0.1) is 0 Å². The number of carbonyl (C=O) groups excluding carboxylic acids is 1. The molecule has 2 amide bonds. The van der Waals surface area contributed by atoms with E-state index < -0.39 is 0 Å². The highest BCUT2D eigenvalue weighted by molar-refractivity contribution is 5.92. The lowest BCUT2D eigenvalue weighted by molar-refractivity contribution is 0.207. The predicted molar refractivity (Wildman–Crippen MR) is 148 cm³/mol. The number of nitrogens with zero attached hydrogens (tertiary/aromatic N) is 2. The first-order valence-corrected chi connectivity index (χ1v) is 12.5. The lowest BCUT2D eigenvalue weighted by atomic mass is 10.1. The number of pyridine rings is 1. The fourth-order valence-electron chi connectivity index (χ4n) is 4.29. The van der Waals surface area contributed by atoms with Gasteiger partial charge in [-0.3, -0.25) is 4.98 Å². The van der Waals surface area contributed by atoms with Crippen molar-refractivity contribution in [1.29, 1.82) is 0 Å². The average Bonchev–Trinajstić information content (AvgIpc) is 2.90. The molecule has 2 N–H and O–H groups in total. The van der Waals surface area contributed by atoms with Crippen molar-refractivity contribution in [3.8, 4) is 5.75 Å². The molecule has 7 heteroatoms. The monoisotopic (exact) mass is 500 g/mol. The Morgan fingerprint density at radius 2 is 1.84 bits per heavy atom. The van der Waals surface area contributed by atoms with Crippen LogP contribution in [-0.4, -0.2) is 35.6 Å². The van der Waals surface area contributed by atoms with E-state index in [1.54, 1.807) is 30.3 Å². The van der Waals surface area contributed by atoms with Crippen LogP contribution < -0.4 is 15.4 Å². The zero-order valence-corrected chi connectivity index (χ0v) is 21.5. The number of anilines is 2. The number of methoxy groups -OCH3 is 1. The number of rotatable bonds is 10. The molecule has 4 aromatic rings. The summed E-state index contributed by atoms with van der Waals surface area (Å²) < 4.78 is 18.9. The molecule has 0 aliphatic heterocycles. The summed E-state index contributed by atoms with van der Waals surface area (Å²) in [4.78, 5) is 19.5. The number of urea groups is 1. The van der Waals surface area contributed by atoms with Gasteiger partial charge in [0, 0.05) is 42.5 Å². The maximum atomic E-state index is 13.4. The van der Waals surface area contributed by atoms with Gasteiger partial charge in [0.15, 0.2) is 0 Å². The lowest BCUT2D eigenvalue weighted by Crippen LogP contribution is -2.36. The van der Waals surface area contributed by atoms with Crippen molar-refractivity contribution < 1.29 is 13.9 Å². The molecule has 3 aromatic carbocycles. The number of hydrogen-bond donors (Lipinski definition) is 2. The summed E-state index contributed by atoms with van der Waals surface area (Å²) in [5.74, 6) is 0.479. The summed E-state index contributed by atoms with van der Waals surface area (Å²) >= 11 is 0. The van der Waals surface area contributed by atoms with Crippen LogP contribution in [0.5, 0.6) is 5.75 Å². The van der Waals surface area contributed by atoms with Gasteiger partial charge in [-0.1, -0.05) is 36.4 Å². The zero-order valence-electron chi connectivity index (χ0n) is 21.5. The van der Waals surface area contributed by atoms with Crippen LogP contribution in [0.25, 0.3) is 10.9 Å². The third-order valence-electron chi connectivity index (χ3n) is 6.34. The van der Waals surface area contributed by atoms with E-state index >= 15 is 0 Å². The quantitative estimate of drug-likeness (QED) is 0.246. The number of ether oxygens (including phenoxy) is 1. The van der Waals surface area contributed by atoms with Crippen LogP contribution >= 0.6 is 0 Å². The first-order valence-electron chi connectivity index (χ1n) is 12.5. The molecule has 1 atom stereocenters. The van der Waals surface area contributed by atoms with E-state index in [0.717, 1.165) is 52.0 Å². The molecule has 1 heterocycles. The fraction of sp³-hybridized carbons (Fsp3) is 0.267. The van der Waals surface area contributed by atoms with Crippen molar-refractivity contribution >= 4 is 28.3 Å². The second-order valence-corrected chi connectivity index (χ2v) is 9.23. The highest BCUT2D eigenvalue weighted by atomic mass is 19.1. The molecule has 1 unspecified atom stereocenters. The maximum absolute atomic E-state index is 13.4. The van der Waals surface area contributed by atoms with Crippen LogP contribution in [0.2, 0.25) is 0 Å². The summed E-state index contributed by atoms with van der Waals surface area (Å²) in [6.07, 6.45) is 3.40. The fourth-order valence-corrected chi connectivity index (χ4v) is 4.29. The lowest BCUT2D eigenvalue weighted by Gasteiger charge is -2.25. The number of carbonyl (C=O) groups is 1. The minimum absolute atomic E-state index is 0.143. The Bertz CT molecular complexity index is 1340. The normalized spacial score (nSPS) is 11.7. The van der Waals surface area contributed by atoms with Crippen LogP contribution in [0, 0.1) is 12.7 Å². The molecule has 0 saturated heterocycles. The molecular formula is C30H33FN4O2. The van der Waals surface area contributed by atoms with Crippen LogP contribution in [0.1, 0.15) is 30.9 Å². The van der Waals surface area contributed by atoms with E-state index in [2.05, 4.69) is 22.5 Å². The van der Waals surface area contributed by atoms with Crippen molar-refractivity contribution in [2.75, 3.05) is 24.3 Å². The minimum Gasteiger partial charge on any atom is -0.497 e. The zero-order chi connectivity index (χ0) is 26.2. The third kappa shape index (κ3) is 6.97. The molecule has 0 bridgehead atoms. The average molecular weight is 501 g/mol. The summed E-state index contributed by atoms with van der Waals surface area (Å²) in [6, 6.07) is 21.8. The Morgan fingerprint density at radius 3 is 2.59 bits per heavy atom. The van der Waals surface area contributed by atoms with Crippen molar-refractivity contribution in [1.82, 2.24) is 9.88 Å². The van der Waals surface area contributed by atoms with Gasteiger partial charge in [0.2, 0.25) is 0 Å². The Kier molecular flexibility index (Phi) is 8.56. The molecule has 0 spiro atoms. The number of nitrogens with one attached hydrogen (secondary N) is 2. The first-order chi connectivity index (χ1) is 17.9. The molecular weight excluding hydrogens is 467 g/mol. The summed E-state index contributed by atoms with van der Waals surface area (Å²) in [7, 11) is 1.66. The number of halogens is 1. The van der Waals surface area contributed by atoms with E-state index in [1.165, 1.54) is 12.1 Å². The van der Waals surface area contributed by atoms with Crippen molar-refractivity contribution in [2.45, 2.75) is 39.3 Å². The SMILES string of the molecule is COc1cc(NC(C)CCCN(Cc2ccc(F)cc2)C(=O)Nc2ccccc2C)c2ncccc2c1. The van der Waals surface area contributed by atoms with Gasteiger partial charge in [-0.25, -0.2) is 9.18 Å². The van der Waals surface area contributed by atoms with Gasteiger partial charge in [0.25, 0.3) is 0 Å². The number of amides is 2. The Hall–Kier alpha value is -4.13. The molecule has 0 aliphatic carbocycles. The van der Waals surface area contributed by atoms with Crippen molar-refractivity contribution in [3.63, 3.8) is 0 Å². The molecule has 0 fully saturated rings. The molecule has 192 valence electrons. The number of para-hydroxylation sites is 1. The predicted octanol–water partition coefficient (Wildman–Crippen LogP) is 7.01. The molecule has 4 rings (SSSR count). The third-order valence-corrected chi connectivity index (χ3v) is 6.34.